The Kier molecular flexibility index (Phi) is 4.27. The second-order valence-electron chi connectivity index (χ2n) is 4.57. The number of rotatable bonds is 4. The molecule has 1 aliphatic rings. The maximum Gasteiger partial charge on any atom is 0.330 e. The average molecular weight is 252 g/mol. The van der Waals surface area contributed by atoms with Gasteiger partial charge >= 0.3 is 6.03 Å². The minimum atomic E-state index is -1.21. The molecule has 18 heavy (non-hydrogen) atoms. The largest absolute Gasteiger partial charge is 0.330 e. The Hall–Kier alpha value is -1.65. The molecule has 1 heterocycles. The molecule has 1 atom stereocenters. The molecule has 1 rings (SSSR count). The number of amides is 4. The number of carbonyl (C=O) groups excluding carboxylic acids is 3. The molecule has 0 aromatic heterocycles. The van der Waals surface area contributed by atoms with Crippen molar-refractivity contribution in [3.05, 3.63) is 11.6 Å². The number of hydrogen-bond acceptors (Lipinski definition) is 3. The number of urea groups is 1. The smallest absolute Gasteiger partial charge is 0.276 e. The Labute approximate surface area is 107 Å². The summed E-state index contributed by atoms with van der Waals surface area (Å²) >= 11 is 0. The van der Waals surface area contributed by atoms with Crippen molar-refractivity contribution in [1.82, 2.24) is 10.2 Å². The van der Waals surface area contributed by atoms with Gasteiger partial charge in [-0.3, -0.25) is 19.8 Å². The topological polar surface area (TPSA) is 66.5 Å². The van der Waals surface area contributed by atoms with Crippen LogP contribution in [0, 0.1) is 5.41 Å². The van der Waals surface area contributed by atoms with Gasteiger partial charge in [0.2, 0.25) is 11.8 Å². The molecule has 1 fully saturated rings. The Morgan fingerprint density at radius 3 is 2.44 bits per heavy atom. The van der Waals surface area contributed by atoms with E-state index >= 15 is 0 Å². The molecule has 0 aromatic carbocycles. The van der Waals surface area contributed by atoms with Crippen LogP contribution in [0.4, 0.5) is 4.79 Å². The van der Waals surface area contributed by atoms with E-state index in [1.807, 2.05) is 19.9 Å². The number of carbonyl (C=O) groups is 3. The van der Waals surface area contributed by atoms with Gasteiger partial charge < -0.3 is 0 Å². The van der Waals surface area contributed by atoms with Crippen LogP contribution in [0.5, 0.6) is 0 Å². The van der Waals surface area contributed by atoms with Crippen LogP contribution in [-0.4, -0.2) is 29.8 Å². The van der Waals surface area contributed by atoms with Crippen LogP contribution in [-0.2, 0) is 9.59 Å². The fourth-order valence-corrected chi connectivity index (χ4v) is 2.38. The van der Waals surface area contributed by atoms with Gasteiger partial charge in [-0.15, -0.1) is 0 Å². The van der Waals surface area contributed by atoms with Crippen molar-refractivity contribution < 1.29 is 14.4 Å². The van der Waals surface area contributed by atoms with Gasteiger partial charge in [0, 0.05) is 7.05 Å². The molecule has 1 aliphatic heterocycles. The third kappa shape index (κ3) is 2.05. The van der Waals surface area contributed by atoms with E-state index in [0.717, 1.165) is 11.3 Å². The summed E-state index contributed by atoms with van der Waals surface area (Å²) in [4.78, 5) is 37.0. The van der Waals surface area contributed by atoms with Gasteiger partial charge in [-0.05, 0) is 19.8 Å². The number of hydrogen-bond donors (Lipinski definition) is 1. The molecule has 100 valence electrons. The first kappa shape index (κ1) is 14.4. The van der Waals surface area contributed by atoms with Crippen molar-refractivity contribution in [3.63, 3.8) is 0 Å². The average Bonchev–Trinajstić information content (AvgIpc) is 2.32. The monoisotopic (exact) mass is 252 g/mol. The predicted octanol–water partition coefficient (Wildman–Crippen LogP) is 1.84. The molecule has 5 heteroatoms. The molecular formula is C13H20N2O3. The maximum atomic E-state index is 12.4. The van der Waals surface area contributed by atoms with Crippen LogP contribution in [0.3, 0.4) is 0 Å². The summed E-state index contributed by atoms with van der Waals surface area (Å²) < 4.78 is 0. The van der Waals surface area contributed by atoms with Crippen molar-refractivity contribution in [1.29, 1.82) is 0 Å². The fourth-order valence-electron chi connectivity index (χ4n) is 2.38. The van der Waals surface area contributed by atoms with E-state index in [-0.39, 0.29) is 0 Å². The molecular weight excluding hydrogens is 232 g/mol. The highest BCUT2D eigenvalue weighted by Gasteiger charge is 2.53. The van der Waals surface area contributed by atoms with E-state index < -0.39 is 23.3 Å². The van der Waals surface area contributed by atoms with Gasteiger partial charge in [-0.25, -0.2) is 4.79 Å². The Bertz CT molecular complexity index is 414. The molecule has 0 aromatic rings. The van der Waals surface area contributed by atoms with Gasteiger partial charge in [0.05, 0.1) is 0 Å². The lowest BCUT2D eigenvalue weighted by atomic mass is 9.73. The van der Waals surface area contributed by atoms with E-state index in [1.165, 1.54) is 7.05 Å². The zero-order chi connectivity index (χ0) is 13.9. The number of barbiturate groups is 1. The van der Waals surface area contributed by atoms with E-state index in [9.17, 15) is 14.4 Å². The third-order valence-corrected chi connectivity index (χ3v) is 3.39. The Balaban J connectivity index is 3.32. The highest BCUT2D eigenvalue weighted by atomic mass is 16.2. The molecule has 1 unspecified atom stereocenters. The molecule has 1 saturated heterocycles. The minimum absolute atomic E-state index is 0.414. The first-order valence-electron chi connectivity index (χ1n) is 6.22. The fraction of sp³-hybridized carbons (Fsp3) is 0.615. The number of nitrogens with zero attached hydrogens (tertiary/aromatic N) is 1. The lowest BCUT2D eigenvalue weighted by Crippen LogP contribution is -2.63. The van der Waals surface area contributed by atoms with Crippen LogP contribution in [0.2, 0.25) is 0 Å². The van der Waals surface area contributed by atoms with Crippen LogP contribution < -0.4 is 5.32 Å². The highest BCUT2D eigenvalue weighted by Crippen LogP contribution is 2.37. The Morgan fingerprint density at radius 1 is 1.33 bits per heavy atom. The van der Waals surface area contributed by atoms with E-state index in [4.69, 9.17) is 0 Å². The zero-order valence-electron chi connectivity index (χ0n) is 11.4. The minimum Gasteiger partial charge on any atom is -0.276 e. The molecule has 0 aliphatic carbocycles. The van der Waals surface area contributed by atoms with Crippen LogP contribution in [0.25, 0.3) is 0 Å². The standard InChI is InChI=1S/C13H20N2O3/c1-5-7-9(3)13(8-6-2)10(16)14-12(18)15(4)11(13)17/h7H,5-6,8H2,1-4H3,(H,14,16,18)/b9-7-. The number of allylic oxidation sites excluding steroid dienone is 1. The Morgan fingerprint density at radius 2 is 1.94 bits per heavy atom. The van der Waals surface area contributed by atoms with Crippen molar-refractivity contribution in [2.45, 2.75) is 40.0 Å². The first-order chi connectivity index (χ1) is 8.41. The van der Waals surface area contributed by atoms with E-state index in [2.05, 4.69) is 5.32 Å². The molecule has 0 radical (unpaired) electrons. The molecule has 0 saturated carbocycles. The number of imide groups is 2. The molecule has 0 bridgehead atoms. The summed E-state index contributed by atoms with van der Waals surface area (Å²) in [5.41, 5.74) is -0.498. The second kappa shape index (κ2) is 5.33. The summed E-state index contributed by atoms with van der Waals surface area (Å²) in [6.45, 7) is 5.64. The van der Waals surface area contributed by atoms with Crippen molar-refractivity contribution in [2.24, 2.45) is 5.41 Å². The number of nitrogens with one attached hydrogen (secondary N) is 1. The van der Waals surface area contributed by atoms with Gasteiger partial charge in [-0.1, -0.05) is 31.9 Å². The van der Waals surface area contributed by atoms with E-state index in [1.54, 1.807) is 6.92 Å². The van der Waals surface area contributed by atoms with Crippen LogP contribution in [0.15, 0.2) is 11.6 Å². The third-order valence-electron chi connectivity index (χ3n) is 3.39. The molecule has 4 amide bonds. The zero-order valence-corrected chi connectivity index (χ0v) is 11.4. The first-order valence-corrected chi connectivity index (χ1v) is 6.22. The second-order valence-corrected chi connectivity index (χ2v) is 4.57. The van der Waals surface area contributed by atoms with Crippen molar-refractivity contribution in [3.8, 4) is 0 Å². The normalized spacial score (nSPS) is 25.4. The van der Waals surface area contributed by atoms with Crippen LogP contribution >= 0.6 is 0 Å². The SMILES string of the molecule is CC/C=C(/C)C1(CCC)C(=O)NC(=O)N(C)C1=O. The lowest BCUT2D eigenvalue weighted by molar-refractivity contribution is -0.148. The van der Waals surface area contributed by atoms with Gasteiger partial charge in [0.25, 0.3) is 0 Å². The summed E-state index contributed by atoms with van der Waals surface area (Å²) in [5.74, 6) is -0.931. The summed E-state index contributed by atoms with van der Waals surface area (Å²) in [6, 6.07) is -0.652. The highest BCUT2D eigenvalue weighted by molar-refractivity contribution is 6.20. The van der Waals surface area contributed by atoms with Crippen LogP contribution in [0.1, 0.15) is 40.0 Å². The molecule has 0 spiro atoms. The van der Waals surface area contributed by atoms with E-state index in [0.29, 0.717) is 18.4 Å². The quantitative estimate of drug-likeness (QED) is 0.613. The molecule has 1 N–H and O–H groups in total. The molecule has 5 nitrogen and oxygen atoms in total. The summed E-state index contributed by atoms with van der Waals surface area (Å²) in [7, 11) is 1.40. The maximum absolute atomic E-state index is 12.4. The summed E-state index contributed by atoms with van der Waals surface area (Å²) in [6.07, 6.45) is 3.72. The van der Waals surface area contributed by atoms with Gasteiger partial charge in [0.1, 0.15) is 5.41 Å². The predicted molar refractivity (Wildman–Crippen MR) is 67.7 cm³/mol. The van der Waals surface area contributed by atoms with Gasteiger partial charge in [0.15, 0.2) is 0 Å². The van der Waals surface area contributed by atoms with Crippen molar-refractivity contribution in [2.75, 3.05) is 7.05 Å². The lowest BCUT2D eigenvalue weighted by Gasteiger charge is -2.38. The van der Waals surface area contributed by atoms with Crippen molar-refractivity contribution >= 4 is 17.8 Å². The van der Waals surface area contributed by atoms with Gasteiger partial charge in [-0.2, -0.15) is 0 Å². The summed E-state index contributed by atoms with van der Waals surface area (Å²) in [5, 5.41) is 2.26.